The molecule has 0 saturated carbocycles. The van der Waals surface area contributed by atoms with E-state index >= 15 is 0 Å². The summed E-state index contributed by atoms with van der Waals surface area (Å²) >= 11 is 3.97. The summed E-state index contributed by atoms with van der Waals surface area (Å²) in [7, 11) is 0. The van der Waals surface area contributed by atoms with Gasteiger partial charge >= 0.3 is 0 Å². The van der Waals surface area contributed by atoms with Crippen LogP contribution in [0.15, 0.2) is 30.3 Å². The van der Waals surface area contributed by atoms with Crippen molar-refractivity contribution in [2.24, 2.45) is 0 Å². The van der Waals surface area contributed by atoms with Gasteiger partial charge in [-0.1, -0.05) is 18.2 Å². The van der Waals surface area contributed by atoms with Gasteiger partial charge in [-0.05, 0) is 12.1 Å². The molecule has 0 amide bonds. The Kier molecular flexibility index (Phi) is 2.84. The Hall–Kier alpha value is -0.280. The van der Waals surface area contributed by atoms with Crippen LogP contribution in [0.5, 0.6) is 0 Å². The monoisotopic (exact) mass is 197 g/mol. The van der Waals surface area contributed by atoms with E-state index in [1.807, 2.05) is 23.5 Å². The molecule has 0 radical (unpaired) electrons. The minimum Gasteiger partial charge on any atom is -0.353 e. The van der Waals surface area contributed by atoms with Crippen LogP contribution in [0.1, 0.15) is 0 Å². The van der Waals surface area contributed by atoms with Gasteiger partial charge < -0.3 is 4.90 Å². The van der Waals surface area contributed by atoms with Crippen molar-refractivity contribution in [3.63, 3.8) is 0 Å². The largest absolute Gasteiger partial charge is 0.353 e. The second kappa shape index (κ2) is 4.10. The summed E-state index contributed by atoms with van der Waals surface area (Å²) in [5.41, 5.74) is 1.34. The molecular weight excluding hydrogens is 186 g/mol. The second-order valence-electron chi connectivity index (χ2n) is 2.66. The minimum atomic E-state index is 1.14. The first-order valence-electron chi connectivity index (χ1n) is 3.92. The van der Waals surface area contributed by atoms with E-state index in [1.165, 1.54) is 10.8 Å². The lowest BCUT2D eigenvalue weighted by atomic mass is 10.3. The van der Waals surface area contributed by atoms with Gasteiger partial charge in [0.2, 0.25) is 0 Å². The van der Waals surface area contributed by atoms with Crippen molar-refractivity contribution in [3.8, 4) is 0 Å². The van der Waals surface area contributed by atoms with Crippen molar-refractivity contribution in [3.05, 3.63) is 30.3 Å². The minimum absolute atomic E-state index is 1.14. The topological polar surface area (TPSA) is 3.24 Å². The Balaban J connectivity index is 2.08. The highest BCUT2D eigenvalue weighted by atomic mass is 32.2. The van der Waals surface area contributed by atoms with Crippen molar-refractivity contribution in [2.75, 3.05) is 21.7 Å². The molecule has 12 heavy (non-hydrogen) atoms. The highest BCUT2D eigenvalue weighted by Gasteiger charge is 2.09. The maximum atomic E-state index is 2.40. The number of nitrogens with zero attached hydrogens (tertiary/aromatic N) is 1. The van der Waals surface area contributed by atoms with E-state index in [2.05, 4.69) is 35.2 Å². The van der Waals surface area contributed by atoms with Crippen molar-refractivity contribution in [1.82, 2.24) is 0 Å². The van der Waals surface area contributed by atoms with Crippen LogP contribution in [-0.2, 0) is 0 Å². The molecule has 1 aromatic rings. The molecule has 0 N–H and O–H groups in total. The third kappa shape index (κ3) is 1.90. The zero-order valence-corrected chi connectivity index (χ0v) is 8.40. The summed E-state index contributed by atoms with van der Waals surface area (Å²) in [5, 5.41) is 1.24. The van der Waals surface area contributed by atoms with Gasteiger partial charge in [0.15, 0.2) is 0 Å². The SMILES string of the molecule is c1ccc(N2CSCSC2)cc1. The van der Waals surface area contributed by atoms with Crippen LogP contribution >= 0.6 is 23.5 Å². The van der Waals surface area contributed by atoms with Crippen LogP contribution in [-0.4, -0.2) is 16.8 Å². The molecule has 0 atom stereocenters. The van der Waals surface area contributed by atoms with Gasteiger partial charge in [0, 0.05) is 10.8 Å². The zero-order valence-electron chi connectivity index (χ0n) is 6.77. The van der Waals surface area contributed by atoms with E-state index in [0.717, 1.165) is 11.8 Å². The smallest absolute Gasteiger partial charge is 0.0656 e. The predicted octanol–water partition coefficient (Wildman–Crippen LogP) is 2.85. The van der Waals surface area contributed by atoms with Crippen molar-refractivity contribution in [1.29, 1.82) is 0 Å². The van der Waals surface area contributed by atoms with Gasteiger partial charge in [0.05, 0.1) is 11.8 Å². The first-order valence-corrected chi connectivity index (χ1v) is 6.23. The van der Waals surface area contributed by atoms with Crippen molar-refractivity contribution >= 4 is 29.2 Å². The Bertz CT molecular complexity index is 232. The highest BCUT2D eigenvalue weighted by Crippen LogP contribution is 2.26. The average Bonchev–Trinajstić information content (AvgIpc) is 2.21. The summed E-state index contributed by atoms with van der Waals surface area (Å²) in [6, 6.07) is 10.6. The number of thioether (sulfide) groups is 2. The van der Waals surface area contributed by atoms with Crippen LogP contribution in [0, 0.1) is 0 Å². The molecule has 1 nitrogen and oxygen atoms in total. The van der Waals surface area contributed by atoms with Gasteiger partial charge in [-0.15, -0.1) is 23.5 Å². The fourth-order valence-corrected chi connectivity index (χ4v) is 3.28. The van der Waals surface area contributed by atoms with Crippen LogP contribution in [0.25, 0.3) is 0 Å². The Morgan fingerprint density at radius 3 is 2.33 bits per heavy atom. The lowest BCUT2D eigenvalue weighted by Gasteiger charge is -2.27. The molecule has 64 valence electrons. The third-order valence-corrected chi connectivity index (χ3v) is 4.10. The van der Waals surface area contributed by atoms with E-state index in [9.17, 15) is 0 Å². The third-order valence-electron chi connectivity index (χ3n) is 1.78. The fourth-order valence-electron chi connectivity index (χ4n) is 1.18. The molecule has 1 saturated heterocycles. The van der Waals surface area contributed by atoms with Crippen LogP contribution in [0.4, 0.5) is 5.69 Å². The molecule has 1 aromatic carbocycles. The summed E-state index contributed by atoms with van der Waals surface area (Å²) in [5.74, 6) is 2.27. The molecule has 2 rings (SSSR count). The molecule has 1 aliphatic rings. The maximum Gasteiger partial charge on any atom is 0.0656 e. The summed E-state index contributed by atoms with van der Waals surface area (Å²) in [4.78, 5) is 2.40. The average molecular weight is 197 g/mol. The highest BCUT2D eigenvalue weighted by molar-refractivity contribution is 8.16. The summed E-state index contributed by atoms with van der Waals surface area (Å²) < 4.78 is 0. The molecule has 0 unspecified atom stereocenters. The maximum absolute atomic E-state index is 2.40. The molecule has 1 fully saturated rings. The van der Waals surface area contributed by atoms with Gasteiger partial charge in [0.25, 0.3) is 0 Å². The lowest BCUT2D eigenvalue weighted by molar-refractivity contribution is 1.06. The van der Waals surface area contributed by atoms with Crippen molar-refractivity contribution < 1.29 is 0 Å². The number of benzene rings is 1. The second-order valence-corrected chi connectivity index (χ2v) is 4.94. The molecule has 3 heteroatoms. The van der Waals surface area contributed by atoms with Crippen LogP contribution < -0.4 is 4.90 Å². The number of anilines is 1. The predicted molar refractivity (Wildman–Crippen MR) is 58.7 cm³/mol. The number of hydrogen-bond acceptors (Lipinski definition) is 3. The van der Waals surface area contributed by atoms with E-state index in [-0.39, 0.29) is 0 Å². The first-order chi connectivity index (χ1) is 5.97. The quantitative estimate of drug-likeness (QED) is 0.681. The number of rotatable bonds is 1. The lowest BCUT2D eigenvalue weighted by Crippen LogP contribution is -2.25. The van der Waals surface area contributed by atoms with E-state index in [1.54, 1.807) is 0 Å². The Morgan fingerprint density at radius 2 is 1.67 bits per heavy atom. The molecule has 1 aliphatic heterocycles. The normalized spacial score (nSPS) is 17.8. The first kappa shape index (κ1) is 8.32. The van der Waals surface area contributed by atoms with Gasteiger partial charge in [-0.2, -0.15) is 0 Å². The standard InChI is InChI=1S/C9H11NS2/c1-2-4-9(5-3-1)10-6-11-8-12-7-10/h1-5H,6-8H2. The van der Waals surface area contributed by atoms with E-state index in [4.69, 9.17) is 0 Å². The number of para-hydroxylation sites is 1. The Labute approximate surface area is 81.5 Å². The van der Waals surface area contributed by atoms with E-state index < -0.39 is 0 Å². The molecular formula is C9H11NS2. The van der Waals surface area contributed by atoms with Crippen LogP contribution in [0.3, 0.4) is 0 Å². The Morgan fingerprint density at radius 1 is 1.00 bits per heavy atom. The van der Waals surface area contributed by atoms with Gasteiger partial charge in [0.1, 0.15) is 0 Å². The molecule has 0 aliphatic carbocycles. The van der Waals surface area contributed by atoms with E-state index in [0.29, 0.717) is 0 Å². The van der Waals surface area contributed by atoms with Gasteiger partial charge in [-0.3, -0.25) is 0 Å². The molecule has 0 aromatic heterocycles. The summed E-state index contributed by atoms with van der Waals surface area (Å²) in [6.07, 6.45) is 0. The fraction of sp³-hybridized carbons (Fsp3) is 0.333. The van der Waals surface area contributed by atoms with Crippen LogP contribution in [0.2, 0.25) is 0 Å². The molecule has 0 bridgehead atoms. The molecule has 1 heterocycles. The number of hydrogen-bond donors (Lipinski definition) is 0. The summed E-state index contributed by atoms with van der Waals surface area (Å²) in [6.45, 7) is 0. The zero-order chi connectivity index (χ0) is 8.23. The molecule has 0 spiro atoms. The van der Waals surface area contributed by atoms with Crippen molar-refractivity contribution in [2.45, 2.75) is 0 Å². The van der Waals surface area contributed by atoms with Gasteiger partial charge in [-0.25, -0.2) is 0 Å².